The minimum atomic E-state index is -0.105. The number of ether oxygens (including phenoxy) is 1. The Morgan fingerprint density at radius 2 is 1.88 bits per heavy atom. The first-order valence-electron chi connectivity index (χ1n) is 11.3. The molecule has 8 heteroatoms. The summed E-state index contributed by atoms with van der Waals surface area (Å²) in [6.07, 6.45) is 1.36. The molecule has 2 aromatic heterocycles. The normalized spacial score (nSPS) is 14.4. The minimum absolute atomic E-state index is 0.00470. The highest BCUT2D eigenvalue weighted by atomic mass is 32.1. The number of aryl methyl sites for hydroxylation is 1. The molecule has 0 bridgehead atoms. The quantitative estimate of drug-likeness (QED) is 0.457. The SMILES string of the molecule is COc1cccc(NC(=O)C2CCN(c3nc4ccsc4c(=O)n3-c3ccc(C)cc3)CC2)c1. The molecule has 1 fully saturated rings. The van der Waals surface area contributed by atoms with Crippen LogP contribution in [0.15, 0.2) is 64.8 Å². The van der Waals surface area contributed by atoms with Crippen LogP contribution in [0, 0.1) is 12.8 Å². The lowest BCUT2D eigenvalue weighted by Crippen LogP contribution is -2.41. The van der Waals surface area contributed by atoms with Crippen LogP contribution in [0.3, 0.4) is 0 Å². The van der Waals surface area contributed by atoms with Gasteiger partial charge in [0.1, 0.15) is 10.4 Å². The minimum Gasteiger partial charge on any atom is -0.497 e. The van der Waals surface area contributed by atoms with Crippen LogP contribution in [0.2, 0.25) is 0 Å². The van der Waals surface area contributed by atoms with Crippen molar-refractivity contribution in [2.24, 2.45) is 5.92 Å². The lowest BCUT2D eigenvalue weighted by molar-refractivity contribution is -0.120. The summed E-state index contributed by atoms with van der Waals surface area (Å²) in [4.78, 5) is 33.3. The summed E-state index contributed by atoms with van der Waals surface area (Å²) in [7, 11) is 1.61. The number of nitrogens with zero attached hydrogens (tertiary/aromatic N) is 3. The van der Waals surface area contributed by atoms with Gasteiger partial charge in [-0.2, -0.15) is 0 Å². The number of aromatic nitrogens is 2. The molecule has 1 N–H and O–H groups in total. The van der Waals surface area contributed by atoms with Gasteiger partial charge in [0, 0.05) is 30.8 Å². The molecule has 1 saturated heterocycles. The number of carbonyl (C=O) groups excluding carboxylic acids is 1. The standard InChI is InChI=1S/C26H26N4O3S/c1-17-6-8-20(9-7-17)30-25(32)23-22(12-15-34-23)28-26(30)29-13-10-18(11-14-29)24(31)27-19-4-3-5-21(16-19)33-2/h3-9,12,15-16,18H,10-11,13-14H2,1-2H3,(H,27,31). The van der Waals surface area contributed by atoms with Crippen LogP contribution in [0.4, 0.5) is 11.6 Å². The van der Waals surface area contributed by atoms with E-state index in [1.165, 1.54) is 11.3 Å². The number of piperidine rings is 1. The molecule has 1 aliphatic heterocycles. The van der Waals surface area contributed by atoms with Gasteiger partial charge in [-0.15, -0.1) is 11.3 Å². The van der Waals surface area contributed by atoms with Crippen molar-refractivity contribution >= 4 is 39.1 Å². The van der Waals surface area contributed by atoms with Crippen LogP contribution in [0.25, 0.3) is 15.9 Å². The van der Waals surface area contributed by atoms with Crippen LogP contribution >= 0.6 is 11.3 Å². The van der Waals surface area contributed by atoms with Gasteiger partial charge in [0.05, 0.1) is 18.3 Å². The van der Waals surface area contributed by atoms with Gasteiger partial charge in [0.15, 0.2) is 0 Å². The molecule has 7 nitrogen and oxygen atoms in total. The van der Waals surface area contributed by atoms with E-state index in [2.05, 4.69) is 10.2 Å². The topological polar surface area (TPSA) is 76.5 Å². The van der Waals surface area contributed by atoms with Crippen molar-refractivity contribution in [3.8, 4) is 11.4 Å². The van der Waals surface area contributed by atoms with E-state index >= 15 is 0 Å². The summed E-state index contributed by atoms with van der Waals surface area (Å²) >= 11 is 1.41. The maximum Gasteiger partial charge on any atom is 0.277 e. The number of anilines is 2. The number of carbonyl (C=O) groups is 1. The second-order valence-electron chi connectivity index (χ2n) is 8.51. The highest BCUT2D eigenvalue weighted by Crippen LogP contribution is 2.27. The average Bonchev–Trinajstić information content (AvgIpc) is 3.34. The zero-order valence-corrected chi connectivity index (χ0v) is 20.0. The zero-order chi connectivity index (χ0) is 23.7. The van der Waals surface area contributed by atoms with E-state index in [-0.39, 0.29) is 17.4 Å². The maximum atomic E-state index is 13.4. The second kappa shape index (κ2) is 9.30. The number of nitrogens with one attached hydrogen (secondary N) is 1. The summed E-state index contributed by atoms with van der Waals surface area (Å²) < 4.78 is 7.59. The Kier molecular flexibility index (Phi) is 6.06. The largest absolute Gasteiger partial charge is 0.497 e. The average molecular weight is 475 g/mol. The molecule has 0 atom stereocenters. The van der Waals surface area contributed by atoms with Gasteiger partial charge in [0.2, 0.25) is 11.9 Å². The van der Waals surface area contributed by atoms with Crippen LogP contribution in [0.1, 0.15) is 18.4 Å². The molecule has 0 unspecified atom stereocenters. The van der Waals surface area contributed by atoms with Crippen molar-refractivity contribution in [1.82, 2.24) is 9.55 Å². The Bertz CT molecular complexity index is 1390. The third-order valence-corrected chi connectivity index (χ3v) is 7.13. The highest BCUT2D eigenvalue weighted by molar-refractivity contribution is 7.17. The fraction of sp³-hybridized carbons (Fsp3) is 0.269. The predicted molar refractivity (Wildman–Crippen MR) is 137 cm³/mol. The van der Waals surface area contributed by atoms with Crippen molar-refractivity contribution in [1.29, 1.82) is 0 Å². The number of methoxy groups -OCH3 is 1. The summed E-state index contributed by atoms with van der Waals surface area (Å²) in [5.74, 6) is 1.24. The monoisotopic (exact) mass is 474 g/mol. The molecule has 1 aliphatic rings. The Morgan fingerprint density at radius 3 is 2.62 bits per heavy atom. The van der Waals surface area contributed by atoms with E-state index in [4.69, 9.17) is 9.72 Å². The maximum absolute atomic E-state index is 13.4. The van der Waals surface area contributed by atoms with E-state index < -0.39 is 0 Å². The lowest BCUT2D eigenvalue weighted by Gasteiger charge is -2.33. The first-order chi connectivity index (χ1) is 16.5. The van der Waals surface area contributed by atoms with Crippen molar-refractivity contribution in [2.45, 2.75) is 19.8 Å². The molecular formula is C26H26N4O3S. The van der Waals surface area contributed by atoms with Crippen LogP contribution < -0.4 is 20.5 Å². The van der Waals surface area contributed by atoms with Gasteiger partial charge in [-0.05, 0) is 55.5 Å². The van der Waals surface area contributed by atoms with Gasteiger partial charge in [0.25, 0.3) is 5.56 Å². The Morgan fingerprint density at radius 1 is 1.12 bits per heavy atom. The van der Waals surface area contributed by atoms with Gasteiger partial charge >= 0.3 is 0 Å². The van der Waals surface area contributed by atoms with Crippen molar-refractivity contribution in [3.05, 3.63) is 75.9 Å². The number of fused-ring (bicyclic) bond motifs is 1. The van der Waals surface area contributed by atoms with Gasteiger partial charge < -0.3 is 15.0 Å². The Balaban J connectivity index is 1.38. The first kappa shape index (κ1) is 22.2. The number of hydrogen-bond acceptors (Lipinski definition) is 6. The number of amides is 1. The lowest BCUT2D eigenvalue weighted by atomic mass is 9.96. The number of benzene rings is 2. The molecule has 5 rings (SSSR count). The Hall–Kier alpha value is -3.65. The number of hydrogen-bond donors (Lipinski definition) is 1. The number of rotatable bonds is 5. The number of thiophene rings is 1. The summed E-state index contributed by atoms with van der Waals surface area (Å²) in [6, 6.07) is 17.2. The smallest absolute Gasteiger partial charge is 0.277 e. The molecule has 1 amide bonds. The third-order valence-electron chi connectivity index (χ3n) is 6.24. The molecule has 4 aromatic rings. The first-order valence-corrected chi connectivity index (χ1v) is 12.2. The van der Waals surface area contributed by atoms with E-state index in [1.54, 1.807) is 11.7 Å². The van der Waals surface area contributed by atoms with Crippen LogP contribution in [0.5, 0.6) is 5.75 Å². The molecule has 174 valence electrons. The molecule has 0 spiro atoms. The second-order valence-corrected chi connectivity index (χ2v) is 9.42. The molecule has 0 saturated carbocycles. The summed E-state index contributed by atoms with van der Waals surface area (Å²) in [5.41, 5.74) is 3.31. The van der Waals surface area contributed by atoms with Crippen LogP contribution in [-0.2, 0) is 4.79 Å². The third kappa shape index (κ3) is 4.28. The van der Waals surface area contributed by atoms with E-state index in [1.807, 2.05) is 66.9 Å². The van der Waals surface area contributed by atoms with Crippen molar-refractivity contribution in [3.63, 3.8) is 0 Å². The van der Waals surface area contributed by atoms with Crippen molar-refractivity contribution < 1.29 is 9.53 Å². The van der Waals surface area contributed by atoms with E-state index in [9.17, 15) is 9.59 Å². The summed E-state index contributed by atoms with van der Waals surface area (Å²) in [6.45, 7) is 3.31. The van der Waals surface area contributed by atoms with E-state index in [0.717, 1.165) is 16.9 Å². The molecule has 2 aromatic carbocycles. The zero-order valence-electron chi connectivity index (χ0n) is 19.2. The van der Waals surface area contributed by atoms with Crippen LogP contribution in [-0.4, -0.2) is 35.7 Å². The fourth-order valence-corrected chi connectivity index (χ4v) is 5.09. The molecule has 3 heterocycles. The Labute approximate surface area is 201 Å². The molecule has 0 radical (unpaired) electrons. The van der Waals surface area contributed by atoms with Gasteiger partial charge in [-0.1, -0.05) is 23.8 Å². The fourth-order valence-electron chi connectivity index (χ4n) is 4.33. The molecular weight excluding hydrogens is 448 g/mol. The highest BCUT2D eigenvalue weighted by Gasteiger charge is 2.28. The molecule has 34 heavy (non-hydrogen) atoms. The van der Waals surface area contributed by atoms with Gasteiger partial charge in [-0.3, -0.25) is 9.59 Å². The predicted octanol–water partition coefficient (Wildman–Crippen LogP) is 4.62. The molecule has 0 aliphatic carbocycles. The van der Waals surface area contributed by atoms with Gasteiger partial charge in [-0.25, -0.2) is 9.55 Å². The summed E-state index contributed by atoms with van der Waals surface area (Å²) in [5, 5.41) is 4.91. The van der Waals surface area contributed by atoms with Crippen molar-refractivity contribution in [2.75, 3.05) is 30.4 Å². The van der Waals surface area contributed by atoms with E-state index in [0.29, 0.717) is 47.8 Å².